The molecule has 2 rings (SSSR count). The number of amides is 1. The Morgan fingerprint density at radius 2 is 1.86 bits per heavy atom. The van der Waals surface area contributed by atoms with Gasteiger partial charge in [-0.15, -0.1) is 0 Å². The lowest BCUT2D eigenvalue weighted by Gasteiger charge is -2.12. The van der Waals surface area contributed by atoms with Crippen LogP contribution >= 0.6 is 0 Å². The maximum absolute atomic E-state index is 14.0. The average molecular weight is 429 g/mol. The molecule has 0 fully saturated rings. The van der Waals surface area contributed by atoms with Crippen LogP contribution in [0.2, 0.25) is 0 Å². The summed E-state index contributed by atoms with van der Waals surface area (Å²) in [5.74, 6) is -3.41. The first kappa shape index (κ1) is 22.2. The topological polar surface area (TPSA) is 119 Å². The minimum atomic E-state index is -4.27. The Kier molecular flexibility index (Phi) is 7.23. The fourth-order valence-corrected chi connectivity index (χ4v) is 2.66. The van der Waals surface area contributed by atoms with E-state index in [-0.39, 0.29) is 29.0 Å². The summed E-state index contributed by atoms with van der Waals surface area (Å²) in [7, 11) is -4.27. The SMILES string of the molecule is CCOC(=O)c1cc(-c2ccc(F)cc2F)ccc1OC(=O)NCCS(=O)(=O)O. The fourth-order valence-electron chi connectivity index (χ4n) is 2.30. The molecule has 0 spiro atoms. The van der Waals surface area contributed by atoms with Crippen molar-refractivity contribution >= 4 is 22.2 Å². The van der Waals surface area contributed by atoms with Crippen molar-refractivity contribution in [1.29, 1.82) is 0 Å². The van der Waals surface area contributed by atoms with Gasteiger partial charge in [0, 0.05) is 18.2 Å². The molecule has 8 nitrogen and oxygen atoms in total. The van der Waals surface area contributed by atoms with E-state index in [1.165, 1.54) is 24.3 Å². The number of hydrogen-bond donors (Lipinski definition) is 2. The van der Waals surface area contributed by atoms with Crippen LogP contribution in [-0.4, -0.2) is 43.9 Å². The maximum Gasteiger partial charge on any atom is 0.412 e. The summed E-state index contributed by atoms with van der Waals surface area (Å²) in [5.41, 5.74) is 0.0313. The van der Waals surface area contributed by atoms with Crippen LogP contribution in [0.4, 0.5) is 13.6 Å². The normalized spacial score (nSPS) is 11.0. The van der Waals surface area contributed by atoms with Gasteiger partial charge in [-0.3, -0.25) is 4.55 Å². The molecular formula is C18H17F2NO7S. The van der Waals surface area contributed by atoms with Gasteiger partial charge < -0.3 is 14.8 Å². The van der Waals surface area contributed by atoms with Crippen LogP contribution < -0.4 is 10.1 Å². The third kappa shape index (κ3) is 6.50. The van der Waals surface area contributed by atoms with Gasteiger partial charge in [-0.25, -0.2) is 18.4 Å². The summed E-state index contributed by atoms with van der Waals surface area (Å²) < 4.78 is 67.0. The zero-order valence-electron chi connectivity index (χ0n) is 15.1. The van der Waals surface area contributed by atoms with Crippen LogP contribution in [0.3, 0.4) is 0 Å². The Labute approximate surface area is 165 Å². The Hall–Kier alpha value is -3.05. The number of esters is 1. The summed E-state index contributed by atoms with van der Waals surface area (Å²) in [5, 5.41) is 2.09. The molecule has 0 aromatic heterocycles. The highest BCUT2D eigenvalue weighted by molar-refractivity contribution is 7.85. The number of hydrogen-bond acceptors (Lipinski definition) is 6. The lowest BCUT2D eigenvalue weighted by atomic mass is 10.0. The van der Waals surface area contributed by atoms with Gasteiger partial charge in [-0.05, 0) is 36.8 Å². The highest BCUT2D eigenvalue weighted by Crippen LogP contribution is 2.29. The summed E-state index contributed by atoms with van der Waals surface area (Å²) in [4.78, 5) is 24.0. The molecule has 0 saturated heterocycles. The molecule has 0 aliphatic heterocycles. The van der Waals surface area contributed by atoms with Crippen LogP contribution in [0.1, 0.15) is 17.3 Å². The van der Waals surface area contributed by atoms with Crippen molar-refractivity contribution in [3.63, 3.8) is 0 Å². The van der Waals surface area contributed by atoms with Crippen molar-refractivity contribution in [1.82, 2.24) is 5.32 Å². The third-order valence-corrected chi connectivity index (χ3v) is 4.27. The van der Waals surface area contributed by atoms with Crippen LogP contribution in [0.15, 0.2) is 36.4 Å². The van der Waals surface area contributed by atoms with Crippen molar-refractivity contribution in [3.8, 4) is 16.9 Å². The summed E-state index contributed by atoms with van der Waals surface area (Å²) in [6, 6.07) is 6.71. The Bertz CT molecular complexity index is 1020. The number of halogens is 2. The molecule has 29 heavy (non-hydrogen) atoms. The molecule has 0 atom stereocenters. The van der Waals surface area contributed by atoms with E-state index in [4.69, 9.17) is 14.0 Å². The van der Waals surface area contributed by atoms with Gasteiger partial charge in [0.15, 0.2) is 0 Å². The van der Waals surface area contributed by atoms with Crippen LogP contribution in [0, 0.1) is 11.6 Å². The number of nitrogens with one attached hydrogen (secondary N) is 1. The number of rotatable bonds is 7. The quantitative estimate of drug-likeness (QED) is 0.513. The van der Waals surface area contributed by atoms with E-state index in [0.717, 1.165) is 6.07 Å². The monoisotopic (exact) mass is 429 g/mol. The molecule has 2 aromatic carbocycles. The highest BCUT2D eigenvalue weighted by atomic mass is 32.2. The molecule has 0 aliphatic carbocycles. The lowest BCUT2D eigenvalue weighted by molar-refractivity contribution is 0.0523. The molecule has 11 heteroatoms. The van der Waals surface area contributed by atoms with Gasteiger partial charge in [-0.1, -0.05) is 6.07 Å². The summed E-state index contributed by atoms with van der Waals surface area (Å²) in [6.45, 7) is 1.16. The van der Waals surface area contributed by atoms with Crippen molar-refractivity contribution in [2.45, 2.75) is 6.92 Å². The Balaban J connectivity index is 2.29. The molecule has 2 aromatic rings. The molecule has 0 saturated carbocycles. The van der Waals surface area contributed by atoms with E-state index in [9.17, 15) is 26.8 Å². The molecule has 2 N–H and O–H groups in total. The first-order chi connectivity index (χ1) is 13.6. The molecule has 156 valence electrons. The number of ether oxygens (including phenoxy) is 2. The first-order valence-electron chi connectivity index (χ1n) is 8.28. The second kappa shape index (κ2) is 9.43. The van der Waals surface area contributed by atoms with E-state index in [1.54, 1.807) is 6.92 Å². The first-order valence-corrected chi connectivity index (χ1v) is 9.89. The highest BCUT2D eigenvalue weighted by Gasteiger charge is 2.19. The largest absolute Gasteiger partial charge is 0.462 e. The van der Waals surface area contributed by atoms with Crippen molar-refractivity contribution in [3.05, 3.63) is 53.6 Å². The van der Waals surface area contributed by atoms with E-state index in [1.807, 2.05) is 0 Å². The molecule has 0 heterocycles. The summed E-state index contributed by atoms with van der Waals surface area (Å²) in [6.07, 6.45) is -1.08. The molecule has 0 radical (unpaired) electrons. The van der Waals surface area contributed by atoms with Gasteiger partial charge in [0.05, 0.1) is 12.4 Å². The molecule has 0 bridgehead atoms. The summed E-state index contributed by atoms with van der Waals surface area (Å²) >= 11 is 0. The number of carbonyl (C=O) groups is 2. The smallest absolute Gasteiger partial charge is 0.412 e. The van der Waals surface area contributed by atoms with Crippen molar-refractivity contribution < 1.29 is 40.8 Å². The van der Waals surface area contributed by atoms with Gasteiger partial charge in [-0.2, -0.15) is 8.42 Å². The molecule has 0 aliphatic rings. The third-order valence-electron chi connectivity index (χ3n) is 3.55. The number of carbonyl (C=O) groups excluding carboxylic acids is 2. The zero-order chi connectivity index (χ0) is 21.6. The van der Waals surface area contributed by atoms with Crippen LogP contribution in [0.25, 0.3) is 11.1 Å². The van der Waals surface area contributed by atoms with Crippen LogP contribution in [0.5, 0.6) is 5.75 Å². The minimum Gasteiger partial charge on any atom is -0.462 e. The predicted molar refractivity (Wildman–Crippen MR) is 98.2 cm³/mol. The van der Waals surface area contributed by atoms with Gasteiger partial charge in [0.2, 0.25) is 0 Å². The van der Waals surface area contributed by atoms with E-state index >= 15 is 0 Å². The number of benzene rings is 2. The van der Waals surface area contributed by atoms with Gasteiger partial charge in [0.25, 0.3) is 10.1 Å². The zero-order valence-corrected chi connectivity index (χ0v) is 16.0. The van der Waals surface area contributed by atoms with Gasteiger partial charge >= 0.3 is 12.1 Å². The van der Waals surface area contributed by atoms with Gasteiger partial charge in [0.1, 0.15) is 22.9 Å². The minimum absolute atomic E-state index is 0.0149. The Morgan fingerprint density at radius 1 is 1.14 bits per heavy atom. The van der Waals surface area contributed by atoms with E-state index in [2.05, 4.69) is 5.32 Å². The second-order valence-electron chi connectivity index (χ2n) is 5.66. The average Bonchev–Trinajstić information content (AvgIpc) is 2.61. The van der Waals surface area contributed by atoms with E-state index < -0.39 is 46.1 Å². The van der Waals surface area contributed by atoms with Crippen molar-refractivity contribution in [2.24, 2.45) is 0 Å². The standard InChI is InChI=1S/C18H17F2NO7S/c1-2-27-17(22)14-9-11(13-5-4-12(19)10-15(13)20)3-6-16(14)28-18(23)21-7-8-29(24,25)26/h3-6,9-10H,2,7-8H2,1H3,(H,21,23)(H,24,25,26). The molecule has 1 amide bonds. The van der Waals surface area contributed by atoms with Crippen molar-refractivity contribution in [2.75, 3.05) is 18.9 Å². The Morgan fingerprint density at radius 3 is 2.48 bits per heavy atom. The maximum atomic E-state index is 14.0. The predicted octanol–water partition coefficient (Wildman–Crippen LogP) is 2.78. The molecular weight excluding hydrogens is 412 g/mol. The van der Waals surface area contributed by atoms with E-state index in [0.29, 0.717) is 6.07 Å². The van der Waals surface area contributed by atoms with Crippen LogP contribution in [-0.2, 0) is 14.9 Å². The lowest BCUT2D eigenvalue weighted by Crippen LogP contribution is -2.31. The fraction of sp³-hybridized carbons (Fsp3) is 0.222. The molecule has 0 unspecified atom stereocenters. The second-order valence-corrected chi connectivity index (χ2v) is 7.23.